The number of nitrogens with zero attached hydrogens (tertiary/aromatic N) is 4. The second-order valence-electron chi connectivity index (χ2n) is 8.75. The number of nitrogens with one attached hydrogen (secondary N) is 1. The fourth-order valence-corrected chi connectivity index (χ4v) is 4.84. The number of hydrogen-bond acceptors (Lipinski definition) is 5. The zero-order valence-corrected chi connectivity index (χ0v) is 18.3. The van der Waals surface area contributed by atoms with Crippen molar-refractivity contribution < 1.29 is 4.52 Å². The van der Waals surface area contributed by atoms with E-state index in [1.807, 2.05) is 18.3 Å². The van der Waals surface area contributed by atoms with Crippen LogP contribution in [0.4, 0.5) is 0 Å². The van der Waals surface area contributed by atoms with Crippen LogP contribution in [0.15, 0.2) is 83.6 Å². The number of aromatic amines is 1. The summed E-state index contributed by atoms with van der Waals surface area (Å²) >= 11 is 0. The number of H-pyrrole nitrogens is 1. The fraction of sp³-hybridized carbons (Fsp3) is 0.222. The topological polar surface area (TPSA) is 70.8 Å². The van der Waals surface area contributed by atoms with Gasteiger partial charge in [-0.25, -0.2) is 0 Å². The van der Waals surface area contributed by atoms with Gasteiger partial charge in [-0.05, 0) is 53.8 Å². The average molecular weight is 436 g/mol. The number of pyridine rings is 1. The lowest BCUT2D eigenvalue weighted by Gasteiger charge is -2.16. The van der Waals surface area contributed by atoms with Crippen molar-refractivity contribution in [3.8, 4) is 11.6 Å². The molecule has 6 rings (SSSR count). The first-order chi connectivity index (χ1) is 16.3. The fourth-order valence-electron chi connectivity index (χ4n) is 4.84. The lowest BCUT2D eigenvalue weighted by molar-refractivity contribution is 0.327. The number of benzene rings is 2. The molecule has 2 aromatic carbocycles. The third kappa shape index (κ3) is 4.17. The number of fused-ring (bicyclic) bond motifs is 1. The van der Waals surface area contributed by atoms with Gasteiger partial charge in [0.25, 0.3) is 5.89 Å². The Hall–Kier alpha value is -3.77. The summed E-state index contributed by atoms with van der Waals surface area (Å²) in [5.41, 5.74) is 5.79. The van der Waals surface area contributed by atoms with Crippen molar-refractivity contribution in [3.05, 3.63) is 102 Å². The molecule has 0 aliphatic carbocycles. The van der Waals surface area contributed by atoms with E-state index in [2.05, 4.69) is 79.6 Å². The maximum Gasteiger partial charge on any atom is 0.274 e. The zero-order valence-electron chi connectivity index (χ0n) is 18.3. The van der Waals surface area contributed by atoms with Crippen LogP contribution in [0.2, 0.25) is 0 Å². The highest BCUT2D eigenvalue weighted by molar-refractivity contribution is 5.88. The normalized spacial score (nSPS) is 16.5. The Bertz CT molecular complexity index is 1360. The molecule has 1 atom stereocenters. The zero-order chi connectivity index (χ0) is 22.0. The van der Waals surface area contributed by atoms with E-state index >= 15 is 0 Å². The van der Waals surface area contributed by atoms with Crippen molar-refractivity contribution in [3.63, 3.8) is 0 Å². The minimum absolute atomic E-state index is 0.518. The number of rotatable bonds is 6. The first-order valence-corrected chi connectivity index (χ1v) is 11.4. The van der Waals surface area contributed by atoms with Gasteiger partial charge in [-0.1, -0.05) is 53.7 Å². The Balaban J connectivity index is 1.22. The molecular weight excluding hydrogens is 410 g/mol. The van der Waals surface area contributed by atoms with Crippen LogP contribution >= 0.6 is 0 Å². The molecule has 6 nitrogen and oxygen atoms in total. The molecule has 1 aliphatic heterocycles. The Kier molecular flexibility index (Phi) is 5.20. The lowest BCUT2D eigenvalue weighted by atomic mass is 9.95. The highest BCUT2D eigenvalue weighted by atomic mass is 16.5. The van der Waals surface area contributed by atoms with E-state index < -0.39 is 0 Å². The van der Waals surface area contributed by atoms with Gasteiger partial charge in [0.1, 0.15) is 5.69 Å². The first-order valence-electron chi connectivity index (χ1n) is 11.4. The largest absolute Gasteiger partial charge is 0.351 e. The molecule has 0 radical (unpaired) electrons. The van der Waals surface area contributed by atoms with E-state index in [0.717, 1.165) is 36.4 Å². The van der Waals surface area contributed by atoms with Gasteiger partial charge < -0.3 is 9.51 Å². The summed E-state index contributed by atoms with van der Waals surface area (Å²) in [5.74, 6) is 1.70. The van der Waals surface area contributed by atoms with Gasteiger partial charge in [-0.3, -0.25) is 9.88 Å². The van der Waals surface area contributed by atoms with Crippen LogP contribution in [-0.2, 0) is 13.0 Å². The van der Waals surface area contributed by atoms with Crippen LogP contribution in [0.1, 0.15) is 34.9 Å². The summed E-state index contributed by atoms with van der Waals surface area (Å²) in [5, 5.41) is 5.41. The van der Waals surface area contributed by atoms with E-state index in [9.17, 15) is 0 Å². The molecule has 33 heavy (non-hydrogen) atoms. The van der Waals surface area contributed by atoms with Crippen molar-refractivity contribution in [2.75, 3.05) is 13.1 Å². The summed E-state index contributed by atoms with van der Waals surface area (Å²) in [7, 11) is 0. The molecular formula is C27H25N5O. The predicted octanol–water partition coefficient (Wildman–Crippen LogP) is 5.19. The van der Waals surface area contributed by atoms with Crippen molar-refractivity contribution in [1.82, 2.24) is 25.0 Å². The molecule has 4 heterocycles. The van der Waals surface area contributed by atoms with Crippen LogP contribution < -0.4 is 0 Å². The second kappa shape index (κ2) is 8.64. The van der Waals surface area contributed by atoms with Crippen molar-refractivity contribution >= 4 is 10.9 Å². The number of hydrogen-bond donors (Lipinski definition) is 1. The van der Waals surface area contributed by atoms with E-state index in [-0.39, 0.29) is 0 Å². The van der Waals surface area contributed by atoms with E-state index in [1.54, 1.807) is 6.20 Å². The SMILES string of the molecule is c1ccc(CN2CCC(c3cccc4[nH]c(-c5nc(Cc6cccnc6)no5)cc34)C2)cc1. The van der Waals surface area contributed by atoms with Crippen LogP contribution in [0, 0.1) is 0 Å². The van der Waals surface area contributed by atoms with Crippen LogP contribution in [-0.4, -0.2) is 38.1 Å². The summed E-state index contributed by atoms with van der Waals surface area (Å²) in [4.78, 5) is 14.8. The molecule has 1 N–H and O–H groups in total. The first kappa shape index (κ1) is 19.9. The lowest BCUT2D eigenvalue weighted by Crippen LogP contribution is -2.19. The maximum absolute atomic E-state index is 5.58. The molecule has 1 unspecified atom stereocenters. The number of aromatic nitrogens is 4. The number of likely N-dealkylation sites (tertiary alicyclic amines) is 1. The van der Waals surface area contributed by atoms with E-state index in [4.69, 9.17) is 4.52 Å². The second-order valence-corrected chi connectivity index (χ2v) is 8.75. The monoisotopic (exact) mass is 435 g/mol. The molecule has 0 spiro atoms. The van der Waals surface area contributed by atoms with Gasteiger partial charge in [0, 0.05) is 42.8 Å². The molecule has 164 valence electrons. The van der Waals surface area contributed by atoms with E-state index in [1.165, 1.54) is 22.9 Å². The summed E-state index contributed by atoms with van der Waals surface area (Å²) in [6, 6.07) is 23.3. The Morgan fingerprint density at radius 2 is 1.91 bits per heavy atom. The Labute approximate surface area is 192 Å². The standard InChI is InChI=1S/C27H25N5O/c1-2-6-19(7-3-1)17-32-13-11-21(18-32)22-9-4-10-24-23(22)15-25(29-24)27-30-26(31-33-27)14-20-8-5-12-28-16-20/h1-10,12,15-16,21,29H,11,13-14,17-18H2. The van der Waals surface area contributed by atoms with Gasteiger partial charge >= 0.3 is 0 Å². The molecule has 5 aromatic rings. The summed E-state index contributed by atoms with van der Waals surface area (Å²) < 4.78 is 5.58. The van der Waals surface area contributed by atoms with Gasteiger partial charge in [0.15, 0.2) is 5.82 Å². The van der Waals surface area contributed by atoms with Crippen LogP contribution in [0.5, 0.6) is 0 Å². The van der Waals surface area contributed by atoms with Gasteiger partial charge in [-0.15, -0.1) is 0 Å². The molecule has 0 saturated carbocycles. The molecule has 0 bridgehead atoms. The van der Waals surface area contributed by atoms with Crippen LogP contribution in [0.25, 0.3) is 22.5 Å². The highest BCUT2D eigenvalue weighted by Crippen LogP contribution is 2.35. The average Bonchev–Trinajstić information content (AvgIpc) is 3.60. The molecule has 0 amide bonds. The van der Waals surface area contributed by atoms with Crippen molar-refractivity contribution in [1.29, 1.82) is 0 Å². The predicted molar refractivity (Wildman–Crippen MR) is 128 cm³/mol. The van der Waals surface area contributed by atoms with Gasteiger partial charge in [0.2, 0.25) is 0 Å². The van der Waals surface area contributed by atoms with Crippen molar-refractivity contribution in [2.45, 2.75) is 25.3 Å². The van der Waals surface area contributed by atoms with Gasteiger partial charge in [-0.2, -0.15) is 4.98 Å². The van der Waals surface area contributed by atoms with Gasteiger partial charge in [0.05, 0.1) is 0 Å². The maximum atomic E-state index is 5.58. The quantitative estimate of drug-likeness (QED) is 0.397. The highest BCUT2D eigenvalue weighted by Gasteiger charge is 2.26. The molecule has 1 saturated heterocycles. The molecule has 6 heteroatoms. The smallest absolute Gasteiger partial charge is 0.274 e. The minimum atomic E-state index is 0.518. The van der Waals surface area contributed by atoms with Crippen molar-refractivity contribution in [2.24, 2.45) is 0 Å². The van der Waals surface area contributed by atoms with Crippen LogP contribution in [0.3, 0.4) is 0 Å². The molecule has 1 aliphatic rings. The molecule has 3 aromatic heterocycles. The third-order valence-electron chi connectivity index (χ3n) is 6.44. The Morgan fingerprint density at radius 3 is 2.79 bits per heavy atom. The summed E-state index contributed by atoms with van der Waals surface area (Å²) in [6.45, 7) is 3.20. The molecule has 1 fully saturated rings. The third-order valence-corrected chi connectivity index (χ3v) is 6.44. The Morgan fingerprint density at radius 1 is 1.00 bits per heavy atom. The minimum Gasteiger partial charge on any atom is -0.351 e. The summed E-state index contributed by atoms with van der Waals surface area (Å²) in [6.07, 6.45) is 5.36. The van der Waals surface area contributed by atoms with E-state index in [0.29, 0.717) is 24.1 Å².